The second kappa shape index (κ2) is 10.4. The van der Waals surface area contributed by atoms with Crippen LogP contribution in [0.4, 0.5) is 5.69 Å². The van der Waals surface area contributed by atoms with Gasteiger partial charge in [-0.1, -0.05) is 20.3 Å². The predicted molar refractivity (Wildman–Crippen MR) is 128 cm³/mol. The molecule has 0 radical (unpaired) electrons. The number of hydrogen-bond acceptors (Lipinski definition) is 7. The average molecular weight is 473 g/mol. The second-order valence-corrected chi connectivity index (χ2v) is 9.63. The highest BCUT2D eigenvalue weighted by Crippen LogP contribution is 2.30. The number of ketones is 1. The van der Waals surface area contributed by atoms with Crippen molar-refractivity contribution < 1.29 is 23.9 Å². The highest BCUT2D eigenvalue weighted by atomic mass is 16.5. The summed E-state index contributed by atoms with van der Waals surface area (Å²) in [6.45, 7) is 8.11. The van der Waals surface area contributed by atoms with Crippen LogP contribution < -0.4 is 10.2 Å². The van der Waals surface area contributed by atoms with E-state index < -0.39 is 18.2 Å². The minimum atomic E-state index is -0.737. The summed E-state index contributed by atoms with van der Waals surface area (Å²) < 4.78 is 11.1. The molecule has 9 heteroatoms. The number of benzene rings is 1. The van der Waals surface area contributed by atoms with Crippen LogP contribution in [0.15, 0.2) is 24.3 Å². The zero-order valence-electron chi connectivity index (χ0n) is 20.5. The smallest absolute Gasteiger partial charge is 0.251 e. The Morgan fingerprint density at radius 1 is 1.18 bits per heavy atom. The van der Waals surface area contributed by atoms with E-state index in [2.05, 4.69) is 22.2 Å². The summed E-state index contributed by atoms with van der Waals surface area (Å²) in [5.41, 5.74) is 1.60. The van der Waals surface area contributed by atoms with Gasteiger partial charge in [-0.15, -0.1) is 0 Å². The van der Waals surface area contributed by atoms with Crippen molar-refractivity contribution in [1.82, 2.24) is 15.1 Å². The minimum Gasteiger partial charge on any atom is -0.377 e. The Morgan fingerprint density at radius 2 is 1.85 bits per heavy atom. The molecule has 5 atom stereocenters. The first-order valence-corrected chi connectivity index (χ1v) is 12.2. The lowest BCUT2D eigenvalue weighted by atomic mass is 9.96. The zero-order valence-corrected chi connectivity index (χ0v) is 20.5. The van der Waals surface area contributed by atoms with E-state index in [4.69, 9.17) is 9.47 Å². The number of likely N-dealkylation sites (N-methyl/N-ethyl adjacent to an activating group) is 1. The molecule has 3 fully saturated rings. The molecule has 0 aromatic heterocycles. The molecule has 186 valence electrons. The van der Waals surface area contributed by atoms with Gasteiger partial charge in [-0.05, 0) is 37.2 Å². The largest absolute Gasteiger partial charge is 0.377 e. The number of piperazine rings is 1. The van der Waals surface area contributed by atoms with Crippen LogP contribution in [-0.4, -0.2) is 105 Å². The highest BCUT2D eigenvalue weighted by Gasteiger charge is 2.53. The van der Waals surface area contributed by atoms with Crippen LogP contribution in [0.5, 0.6) is 0 Å². The number of carbonyl (C=O) groups is 3. The first kappa shape index (κ1) is 24.6. The molecule has 3 aliphatic rings. The zero-order chi connectivity index (χ0) is 24.4. The number of fused-ring (bicyclic) bond motifs is 1. The normalized spacial score (nSPS) is 26.9. The summed E-state index contributed by atoms with van der Waals surface area (Å²) in [5, 5.41) is 2.95. The third-order valence-electron chi connectivity index (χ3n) is 7.49. The van der Waals surface area contributed by atoms with Crippen molar-refractivity contribution in [3.63, 3.8) is 0 Å². The first-order chi connectivity index (χ1) is 16.3. The van der Waals surface area contributed by atoms with Crippen LogP contribution in [0.25, 0.3) is 0 Å². The van der Waals surface area contributed by atoms with Crippen molar-refractivity contribution in [3.8, 4) is 0 Å². The number of likely N-dealkylation sites (tertiary alicyclic amines) is 1. The summed E-state index contributed by atoms with van der Waals surface area (Å²) in [6.07, 6.45) is -0.0910. The van der Waals surface area contributed by atoms with Gasteiger partial charge < -0.3 is 29.5 Å². The number of methoxy groups -OCH3 is 1. The molecular formula is C25H36N4O5. The van der Waals surface area contributed by atoms with Crippen LogP contribution in [0.1, 0.15) is 30.6 Å². The van der Waals surface area contributed by atoms with Crippen molar-refractivity contribution in [1.29, 1.82) is 0 Å². The molecule has 1 N–H and O–H groups in total. The number of amides is 2. The molecule has 9 nitrogen and oxygen atoms in total. The van der Waals surface area contributed by atoms with E-state index in [1.165, 1.54) is 0 Å². The van der Waals surface area contributed by atoms with E-state index in [1.54, 1.807) is 12.0 Å². The van der Waals surface area contributed by atoms with Crippen LogP contribution in [0.2, 0.25) is 0 Å². The van der Waals surface area contributed by atoms with Gasteiger partial charge in [0.2, 0.25) is 5.91 Å². The Labute approximate surface area is 201 Å². The molecule has 4 rings (SSSR count). The van der Waals surface area contributed by atoms with Gasteiger partial charge in [-0.2, -0.15) is 0 Å². The van der Waals surface area contributed by atoms with Crippen LogP contribution >= 0.6 is 0 Å². The maximum Gasteiger partial charge on any atom is 0.251 e. The fourth-order valence-electron chi connectivity index (χ4n) is 5.02. The molecule has 3 aliphatic heterocycles. The van der Waals surface area contributed by atoms with E-state index in [0.29, 0.717) is 12.0 Å². The average Bonchev–Trinajstić information content (AvgIpc) is 3.42. The summed E-state index contributed by atoms with van der Waals surface area (Å²) in [7, 11) is 3.68. The Hall–Kier alpha value is -2.49. The number of ether oxygens (including phenoxy) is 2. The van der Waals surface area contributed by atoms with Crippen LogP contribution in [0.3, 0.4) is 0 Å². The molecule has 0 unspecified atom stereocenters. The van der Waals surface area contributed by atoms with Crippen molar-refractivity contribution >= 4 is 23.3 Å². The molecule has 1 aromatic carbocycles. The number of nitrogens with one attached hydrogen (secondary N) is 1. The van der Waals surface area contributed by atoms with Gasteiger partial charge in [0, 0.05) is 44.5 Å². The number of nitrogens with zero attached hydrogens (tertiary/aromatic N) is 3. The number of hydrogen-bond donors (Lipinski definition) is 1. The molecular weight excluding hydrogens is 436 g/mol. The summed E-state index contributed by atoms with van der Waals surface area (Å²) in [4.78, 5) is 45.3. The molecule has 0 bridgehead atoms. The maximum atomic E-state index is 13.6. The minimum absolute atomic E-state index is 0.0149. The quantitative estimate of drug-likeness (QED) is 0.627. The molecule has 0 spiro atoms. The monoisotopic (exact) mass is 472 g/mol. The number of carbonyl (C=O) groups excluding carboxylic acids is 3. The summed E-state index contributed by atoms with van der Waals surface area (Å²) >= 11 is 0. The van der Waals surface area contributed by atoms with E-state index in [1.807, 2.05) is 38.1 Å². The van der Waals surface area contributed by atoms with Gasteiger partial charge in [-0.25, -0.2) is 0 Å². The Balaban J connectivity index is 1.46. The summed E-state index contributed by atoms with van der Waals surface area (Å²) in [5.74, 6) is -0.771. The lowest BCUT2D eigenvalue weighted by molar-refractivity contribution is -0.139. The van der Waals surface area contributed by atoms with E-state index in [0.717, 1.165) is 31.9 Å². The van der Waals surface area contributed by atoms with Crippen molar-refractivity contribution in [2.45, 2.75) is 44.6 Å². The van der Waals surface area contributed by atoms with Crippen molar-refractivity contribution in [2.24, 2.45) is 5.92 Å². The number of rotatable bonds is 7. The topological polar surface area (TPSA) is 91.4 Å². The van der Waals surface area contributed by atoms with Crippen LogP contribution in [-0.2, 0) is 19.1 Å². The van der Waals surface area contributed by atoms with Crippen molar-refractivity contribution in [2.75, 3.05) is 58.4 Å². The molecule has 0 saturated carbocycles. The van der Waals surface area contributed by atoms with E-state index in [9.17, 15) is 14.4 Å². The lowest BCUT2D eigenvalue weighted by Crippen LogP contribution is -2.54. The molecule has 34 heavy (non-hydrogen) atoms. The SMILES string of the molecule is CC[C@H](C)[C@H](NC(=O)c1ccc(N2CCN(C)CC2)cc1)C(=O)N1C[C@H](OC)[C@H]2OCC(=O)[C@H]21. The first-order valence-electron chi connectivity index (χ1n) is 12.2. The Morgan fingerprint density at radius 3 is 2.47 bits per heavy atom. The van der Waals surface area contributed by atoms with Gasteiger partial charge >= 0.3 is 0 Å². The van der Waals surface area contributed by atoms with Gasteiger partial charge in [0.15, 0.2) is 5.78 Å². The molecule has 3 saturated heterocycles. The highest BCUT2D eigenvalue weighted by molar-refractivity contribution is 5.99. The lowest BCUT2D eigenvalue weighted by Gasteiger charge is -2.34. The van der Waals surface area contributed by atoms with Crippen LogP contribution in [0, 0.1) is 5.92 Å². The predicted octanol–water partition coefficient (Wildman–Crippen LogP) is 0.777. The fourth-order valence-corrected chi connectivity index (χ4v) is 5.02. The van der Waals surface area contributed by atoms with Gasteiger partial charge in [-0.3, -0.25) is 14.4 Å². The van der Waals surface area contributed by atoms with Gasteiger partial charge in [0.05, 0.1) is 6.54 Å². The third-order valence-corrected chi connectivity index (χ3v) is 7.49. The molecule has 1 aromatic rings. The Kier molecular flexibility index (Phi) is 7.54. The van der Waals surface area contributed by atoms with E-state index in [-0.39, 0.29) is 42.8 Å². The molecule has 3 heterocycles. The third kappa shape index (κ3) is 4.82. The molecule has 2 amide bonds. The number of Topliss-reactive ketones (excluding diaryl/α,β-unsaturated/α-hetero) is 1. The standard InChI is InChI=1S/C25H36N4O5/c1-5-16(2)21(25(32)29-14-20(33-4)23-22(29)19(30)15-34-23)26-24(31)17-6-8-18(9-7-17)28-12-10-27(3)11-13-28/h6-9,16,20-23H,5,10-15H2,1-4H3,(H,26,31)/t16-,20-,21-,22+,23+/m0/s1. The maximum absolute atomic E-state index is 13.6. The second-order valence-electron chi connectivity index (χ2n) is 9.63. The van der Waals surface area contributed by atoms with Crippen molar-refractivity contribution in [3.05, 3.63) is 29.8 Å². The summed E-state index contributed by atoms with van der Waals surface area (Å²) in [6, 6.07) is 6.15. The van der Waals surface area contributed by atoms with E-state index >= 15 is 0 Å². The van der Waals surface area contributed by atoms with Gasteiger partial charge in [0.1, 0.15) is 30.9 Å². The molecule has 0 aliphatic carbocycles. The fraction of sp³-hybridized carbons (Fsp3) is 0.640. The number of anilines is 1. The van der Waals surface area contributed by atoms with Gasteiger partial charge in [0.25, 0.3) is 5.91 Å². The Bertz CT molecular complexity index is 899.